The van der Waals surface area contributed by atoms with Gasteiger partial charge in [-0.05, 0) is 26.7 Å². The molecule has 0 aliphatic carbocycles. The van der Waals surface area contributed by atoms with Gasteiger partial charge in [0.05, 0.1) is 6.04 Å². The number of nitrogens with zero attached hydrogens (tertiary/aromatic N) is 2. The van der Waals surface area contributed by atoms with Gasteiger partial charge in [-0.1, -0.05) is 0 Å². The van der Waals surface area contributed by atoms with E-state index in [1.807, 2.05) is 4.90 Å². The van der Waals surface area contributed by atoms with Crippen molar-refractivity contribution < 1.29 is 4.79 Å². The number of piperazine rings is 1. The van der Waals surface area contributed by atoms with E-state index in [-0.39, 0.29) is 30.9 Å². The van der Waals surface area contributed by atoms with Gasteiger partial charge in [0.1, 0.15) is 0 Å². The van der Waals surface area contributed by atoms with Crippen LogP contribution in [0.15, 0.2) is 0 Å². The van der Waals surface area contributed by atoms with Gasteiger partial charge in [-0.3, -0.25) is 9.69 Å². The second-order valence-electron chi connectivity index (χ2n) is 5.07. The highest BCUT2D eigenvalue weighted by Crippen LogP contribution is 2.19. The number of hydrogen-bond donors (Lipinski definition) is 1. The van der Waals surface area contributed by atoms with Crippen molar-refractivity contribution in [1.29, 1.82) is 0 Å². The van der Waals surface area contributed by atoms with Crippen molar-refractivity contribution in [3.05, 3.63) is 0 Å². The van der Waals surface area contributed by atoms with Gasteiger partial charge in [0.2, 0.25) is 5.91 Å². The third-order valence-electron chi connectivity index (χ3n) is 3.66. The first-order chi connectivity index (χ1) is 7.70. The molecule has 1 amide bonds. The van der Waals surface area contributed by atoms with Gasteiger partial charge in [-0.2, -0.15) is 0 Å². The minimum atomic E-state index is 0. The van der Waals surface area contributed by atoms with Crippen LogP contribution in [0.4, 0.5) is 0 Å². The molecule has 4 nitrogen and oxygen atoms in total. The molecule has 108 valence electrons. The molecule has 2 aliphatic heterocycles. The average Bonchev–Trinajstić information content (AvgIpc) is 2.30. The summed E-state index contributed by atoms with van der Waals surface area (Å²) in [7, 11) is 0. The summed E-state index contributed by atoms with van der Waals surface area (Å²) < 4.78 is 0. The van der Waals surface area contributed by atoms with Crippen LogP contribution in [0.3, 0.4) is 0 Å². The summed E-state index contributed by atoms with van der Waals surface area (Å²) in [6, 6.07) is 0.497. The number of carbonyl (C=O) groups is 1. The van der Waals surface area contributed by atoms with Crippen molar-refractivity contribution in [2.24, 2.45) is 0 Å². The van der Waals surface area contributed by atoms with Crippen LogP contribution in [0, 0.1) is 0 Å². The van der Waals surface area contributed by atoms with E-state index in [1.165, 1.54) is 0 Å². The van der Waals surface area contributed by atoms with Crippen molar-refractivity contribution >= 4 is 30.7 Å². The summed E-state index contributed by atoms with van der Waals surface area (Å²) in [5.41, 5.74) is 0. The second-order valence-corrected chi connectivity index (χ2v) is 5.07. The van der Waals surface area contributed by atoms with E-state index in [0.29, 0.717) is 11.9 Å². The van der Waals surface area contributed by atoms with E-state index < -0.39 is 0 Å². The first kappa shape index (κ1) is 18.0. The number of hydrogen-bond acceptors (Lipinski definition) is 3. The first-order valence-corrected chi connectivity index (χ1v) is 6.45. The van der Waals surface area contributed by atoms with E-state index >= 15 is 0 Å². The lowest BCUT2D eigenvalue weighted by molar-refractivity contribution is -0.142. The number of likely N-dealkylation sites (tertiary alicyclic amines) is 1. The molecule has 0 aromatic rings. The summed E-state index contributed by atoms with van der Waals surface area (Å²) >= 11 is 0. The van der Waals surface area contributed by atoms with Crippen molar-refractivity contribution in [1.82, 2.24) is 15.1 Å². The fraction of sp³-hybridized carbons (Fsp3) is 0.917. The molecule has 0 bridgehead atoms. The number of halogens is 2. The SMILES string of the molecule is CC(C)N1CCCC(N2CCNCC2)C1=O.Cl.Cl. The number of amides is 1. The Morgan fingerprint density at radius 3 is 2.33 bits per heavy atom. The normalized spacial score (nSPS) is 25.6. The third-order valence-corrected chi connectivity index (χ3v) is 3.66. The van der Waals surface area contributed by atoms with Crippen molar-refractivity contribution in [3.63, 3.8) is 0 Å². The van der Waals surface area contributed by atoms with E-state index in [9.17, 15) is 4.79 Å². The third kappa shape index (κ3) is 3.98. The lowest BCUT2D eigenvalue weighted by Crippen LogP contribution is -2.58. The lowest BCUT2D eigenvalue weighted by atomic mass is 10.0. The van der Waals surface area contributed by atoms with Gasteiger partial charge < -0.3 is 10.2 Å². The maximum absolute atomic E-state index is 12.3. The number of rotatable bonds is 2. The van der Waals surface area contributed by atoms with Crippen molar-refractivity contribution in [3.8, 4) is 0 Å². The zero-order valence-electron chi connectivity index (χ0n) is 11.2. The predicted octanol–water partition coefficient (Wildman–Crippen LogP) is 1.13. The van der Waals surface area contributed by atoms with Crippen LogP contribution in [0.25, 0.3) is 0 Å². The highest BCUT2D eigenvalue weighted by atomic mass is 35.5. The molecular weight excluding hydrogens is 273 g/mol. The Morgan fingerprint density at radius 2 is 1.78 bits per heavy atom. The fourth-order valence-corrected chi connectivity index (χ4v) is 2.73. The van der Waals surface area contributed by atoms with Crippen LogP contribution in [0.5, 0.6) is 0 Å². The standard InChI is InChI=1S/C12H23N3O.2ClH/c1-10(2)15-7-3-4-11(12(15)16)14-8-5-13-6-9-14;;/h10-11,13H,3-9H2,1-2H3;2*1H. The molecule has 0 aromatic heterocycles. The maximum Gasteiger partial charge on any atom is 0.240 e. The Bertz CT molecular complexity index is 258. The van der Waals surface area contributed by atoms with Crippen LogP contribution in [0.2, 0.25) is 0 Å². The Kier molecular flexibility index (Phi) is 8.19. The summed E-state index contributed by atoms with van der Waals surface area (Å²) in [5, 5.41) is 3.34. The topological polar surface area (TPSA) is 35.6 Å². The smallest absolute Gasteiger partial charge is 0.240 e. The van der Waals surface area contributed by atoms with Gasteiger partial charge in [-0.25, -0.2) is 0 Å². The van der Waals surface area contributed by atoms with E-state index in [1.54, 1.807) is 0 Å². The maximum atomic E-state index is 12.3. The zero-order valence-corrected chi connectivity index (χ0v) is 12.9. The van der Waals surface area contributed by atoms with Crippen LogP contribution in [-0.2, 0) is 4.79 Å². The minimum Gasteiger partial charge on any atom is -0.339 e. The van der Waals surface area contributed by atoms with Gasteiger partial charge in [0.25, 0.3) is 0 Å². The molecule has 2 aliphatic rings. The minimum absolute atomic E-state index is 0. The Morgan fingerprint density at radius 1 is 1.17 bits per heavy atom. The Balaban J connectivity index is 0.00000144. The highest BCUT2D eigenvalue weighted by Gasteiger charge is 2.34. The van der Waals surface area contributed by atoms with Crippen molar-refractivity contribution in [2.45, 2.75) is 38.8 Å². The second kappa shape index (κ2) is 8.20. The molecule has 1 unspecified atom stereocenters. The van der Waals surface area contributed by atoms with E-state index in [2.05, 4.69) is 24.1 Å². The number of carbonyl (C=O) groups excluding carboxylic acids is 1. The molecule has 2 saturated heterocycles. The van der Waals surface area contributed by atoms with Gasteiger partial charge >= 0.3 is 0 Å². The van der Waals surface area contributed by atoms with Gasteiger partial charge in [0.15, 0.2) is 0 Å². The quantitative estimate of drug-likeness (QED) is 0.830. The Labute approximate surface area is 122 Å². The van der Waals surface area contributed by atoms with E-state index in [0.717, 1.165) is 45.6 Å². The largest absolute Gasteiger partial charge is 0.339 e. The van der Waals surface area contributed by atoms with Crippen molar-refractivity contribution in [2.75, 3.05) is 32.7 Å². The molecule has 2 heterocycles. The molecule has 0 radical (unpaired) electrons. The Hall–Kier alpha value is -0.0300. The average molecular weight is 298 g/mol. The van der Waals surface area contributed by atoms with Gasteiger partial charge in [0, 0.05) is 38.8 Å². The molecule has 2 rings (SSSR count). The summed E-state index contributed by atoms with van der Waals surface area (Å²) in [4.78, 5) is 16.7. The molecule has 0 saturated carbocycles. The fourth-order valence-electron chi connectivity index (χ4n) is 2.73. The molecule has 2 fully saturated rings. The molecule has 1 N–H and O–H groups in total. The number of nitrogens with one attached hydrogen (secondary N) is 1. The van der Waals surface area contributed by atoms with Crippen LogP contribution in [-0.4, -0.2) is 60.5 Å². The molecular formula is C12H25Cl2N3O. The van der Waals surface area contributed by atoms with E-state index in [4.69, 9.17) is 0 Å². The monoisotopic (exact) mass is 297 g/mol. The number of piperidine rings is 1. The molecule has 0 spiro atoms. The van der Waals surface area contributed by atoms with Crippen LogP contribution in [0.1, 0.15) is 26.7 Å². The first-order valence-electron chi connectivity index (χ1n) is 6.45. The lowest BCUT2D eigenvalue weighted by Gasteiger charge is -2.41. The summed E-state index contributed by atoms with van der Waals surface area (Å²) in [5.74, 6) is 0.350. The molecule has 6 heteroatoms. The molecule has 0 aromatic carbocycles. The summed E-state index contributed by atoms with van der Waals surface area (Å²) in [6.07, 6.45) is 2.20. The molecule has 18 heavy (non-hydrogen) atoms. The van der Waals surface area contributed by atoms with Crippen LogP contribution < -0.4 is 5.32 Å². The van der Waals surface area contributed by atoms with Crippen LogP contribution >= 0.6 is 24.8 Å². The van der Waals surface area contributed by atoms with Gasteiger partial charge in [-0.15, -0.1) is 24.8 Å². The molecule has 1 atom stereocenters. The predicted molar refractivity (Wildman–Crippen MR) is 78.8 cm³/mol. The highest BCUT2D eigenvalue weighted by molar-refractivity contribution is 5.85. The summed E-state index contributed by atoms with van der Waals surface area (Å²) in [6.45, 7) is 9.23. The zero-order chi connectivity index (χ0) is 11.5.